The Morgan fingerprint density at radius 3 is 2.83 bits per heavy atom. The summed E-state index contributed by atoms with van der Waals surface area (Å²) in [5, 5.41) is 9.20. The summed E-state index contributed by atoms with van der Waals surface area (Å²) in [6.45, 7) is 2.06. The van der Waals surface area contributed by atoms with Crippen LogP contribution in [0.4, 0.5) is 4.39 Å². The third-order valence-electron chi connectivity index (χ3n) is 4.63. The van der Waals surface area contributed by atoms with Crippen molar-refractivity contribution < 1.29 is 19.0 Å². The lowest BCUT2D eigenvalue weighted by Gasteiger charge is -2.32. The van der Waals surface area contributed by atoms with Crippen LogP contribution in [0.2, 0.25) is 0 Å². The van der Waals surface area contributed by atoms with Crippen LogP contribution in [0.3, 0.4) is 0 Å². The van der Waals surface area contributed by atoms with E-state index in [2.05, 4.69) is 0 Å². The molecule has 1 aliphatic heterocycles. The number of nitrogens with zero attached hydrogens (tertiary/aromatic N) is 1. The van der Waals surface area contributed by atoms with E-state index in [0.717, 1.165) is 6.07 Å². The molecule has 1 saturated carbocycles. The van der Waals surface area contributed by atoms with Gasteiger partial charge in [-0.2, -0.15) is 0 Å². The number of hydrogen-bond acceptors (Lipinski definition) is 3. The average Bonchev–Trinajstić information content (AvgIpc) is 3.22. The number of carbonyl (C=O) groups is 1. The molecule has 1 aromatic heterocycles. The van der Waals surface area contributed by atoms with Gasteiger partial charge in [0.25, 0.3) is 0 Å². The molecule has 120 valence electrons. The van der Waals surface area contributed by atoms with E-state index in [0.29, 0.717) is 18.4 Å². The second-order valence-corrected chi connectivity index (χ2v) is 6.29. The highest BCUT2D eigenvalue weighted by molar-refractivity contribution is 5.95. The maximum Gasteiger partial charge on any atom is 0.341 e. The molecular formula is C16H14FN2O4-. The first-order chi connectivity index (χ1) is 10.8. The molecule has 1 fully saturated rings. The fourth-order valence-electron chi connectivity index (χ4n) is 3.20. The summed E-state index contributed by atoms with van der Waals surface area (Å²) in [5.74, 6) is -1.81. The molecule has 2 N–H and O–H groups in total. The summed E-state index contributed by atoms with van der Waals surface area (Å²) in [5.41, 5.74) is 6.67. The van der Waals surface area contributed by atoms with Crippen molar-refractivity contribution in [2.75, 3.05) is 6.61 Å². The minimum absolute atomic E-state index is 0.0167. The molecule has 2 heterocycles. The Bertz CT molecular complexity index is 930. The zero-order chi connectivity index (χ0) is 16.5. The number of carboxylic acids is 1. The van der Waals surface area contributed by atoms with Crippen molar-refractivity contribution in [2.24, 2.45) is 0 Å². The van der Waals surface area contributed by atoms with Gasteiger partial charge in [0, 0.05) is 11.8 Å². The molecule has 0 spiro atoms. The minimum Gasteiger partial charge on any atom is -0.668 e. The van der Waals surface area contributed by atoms with Crippen LogP contribution in [0.1, 0.15) is 41.7 Å². The highest BCUT2D eigenvalue weighted by Gasteiger charge is 2.39. The molecule has 6 nitrogen and oxygen atoms in total. The van der Waals surface area contributed by atoms with Gasteiger partial charge in [-0.15, -0.1) is 0 Å². The lowest BCUT2D eigenvalue weighted by atomic mass is 9.98. The van der Waals surface area contributed by atoms with Crippen LogP contribution in [0.15, 0.2) is 17.1 Å². The third kappa shape index (κ3) is 1.83. The number of hydrogen-bond donors (Lipinski definition) is 1. The van der Waals surface area contributed by atoms with Crippen molar-refractivity contribution in [2.45, 2.75) is 31.3 Å². The van der Waals surface area contributed by atoms with Crippen LogP contribution in [0.5, 0.6) is 5.75 Å². The number of benzene rings is 1. The van der Waals surface area contributed by atoms with Gasteiger partial charge in [-0.05, 0) is 13.0 Å². The van der Waals surface area contributed by atoms with Gasteiger partial charge in [0.05, 0.1) is 16.9 Å². The van der Waals surface area contributed by atoms with Crippen molar-refractivity contribution in [1.82, 2.24) is 4.57 Å². The Labute approximate surface area is 130 Å². The van der Waals surface area contributed by atoms with Crippen LogP contribution < -0.4 is 10.2 Å². The molecule has 1 aromatic carbocycles. The lowest BCUT2D eigenvalue weighted by molar-refractivity contribution is 0.0694. The molecule has 1 atom stereocenters. The van der Waals surface area contributed by atoms with Gasteiger partial charge in [0.2, 0.25) is 5.43 Å². The summed E-state index contributed by atoms with van der Waals surface area (Å²) in [6.07, 6.45) is 2.37. The molecule has 0 amide bonds. The Kier molecular flexibility index (Phi) is 2.67. The first-order valence-corrected chi connectivity index (χ1v) is 7.36. The first kappa shape index (κ1) is 14.2. The Hall–Kier alpha value is -2.41. The zero-order valence-corrected chi connectivity index (χ0v) is 12.4. The smallest absolute Gasteiger partial charge is 0.341 e. The van der Waals surface area contributed by atoms with Crippen LogP contribution in [0, 0.1) is 5.82 Å². The van der Waals surface area contributed by atoms with E-state index in [-0.39, 0.29) is 29.3 Å². The second kappa shape index (κ2) is 4.32. The van der Waals surface area contributed by atoms with Crippen LogP contribution in [-0.2, 0) is 5.54 Å². The molecule has 2 aromatic rings. The molecule has 0 saturated heterocycles. The van der Waals surface area contributed by atoms with Gasteiger partial charge < -0.3 is 20.1 Å². The second-order valence-electron chi connectivity index (χ2n) is 6.29. The van der Waals surface area contributed by atoms with E-state index in [1.807, 2.05) is 6.92 Å². The van der Waals surface area contributed by atoms with E-state index in [9.17, 15) is 19.1 Å². The Morgan fingerprint density at radius 2 is 2.22 bits per heavy atom. The maximum atomic E-state index is 14.6. The van der Waals surface area contributed by atoms with Gasteiger partial charge in [0.15, 0.2) is 0 Å². The van der Waals surface area contributed by atoms with Gasteiger partial charge in [0.1, 0.15) is 23.7 Å². The van der Waals surface area contributed by atoms with Gasteiger partial charge in [-0.25, -0.2) is 9.18 Å². The summed E-state index contributed by atoms with van der Waals surface area (Å²) in [6, 6.07) is 0.859. The molecule has 23 heavy (non-hydrogen) atoms. The molecule has 2 aliphatic rings. The topological polar surface area (TPSA) is 92.3 Å². The summed E-state index contributed by atoms with van der Waals surface area (Å²) in [4.78, 5) is 23.7. The molecule has 0 unspecified atom stereocenters. The Morgan fingerprint density at radius 1 is 1.52 bits per heavy atom. The van der Waals surface area contributed by atoms with Crippen molar-refractivity contribution >= 4 is 16.9 Å². The minimum atomic E-state index is -1.34. The zero-order valence-electron chi connectivity index (χ0n) is 12.4. The van der Waals surface area contributed by atoms with Crippen molar-refractivity contribution in [1.29, 1.82) is 0 Å². The molecule has 4 rings (SSSR count). The average molecular weight is 317 g/mol. The van der Waals surface area contributed by atoms with Crippen molar-refractivity contribution in [3.05, 3.63) is 45.2 Å². The van der Waals surface area contributed by atoms with E-state index in [1.165, 1.54) is 6.20 Å². The number of ether oxygens (including phenoxy) is 1. The fourth-order valence-corrected chi connectivity index (χ4v) is 3.20. The summed E-state index contributed by atoms with van der Waals surface area (Å²) < 4.78 is 21.9. The van der Waals surface area contributed by atoms with Gasteiger partial charge >= 0.3 is 5.97 Å². The van der Waals surface area contributed by atoms with E-state index < -0.39 is 28.3 Å². The fraction of sp³-hybridized carbons (Fsp3) is 0.375. The predicted octanol–water partition coefficient (Wildman–Crippen LogP) is 2.83. The number of carboxylic acid groups (broad SMARTS) is 1. The van der Waals surface area contributed by atoms with Crippen LogP contribution in [0.25, 0.3) is 16.6 Å². The quantitative estimate of drug-likeness (QED) is 0.921. The molecular weight excluding hydrogens is 303 g/mol. The monoisotopic (exact) mass is 317 g/mol. The Balaban J connectivity index is 2.19. The highest BCUT2D eigenvalue weighted by atomic mass is 19.1. The van der Waals surface area contributed by atoms with Crippen LogP contribution >= 0.6 is 0 Å². The molecule has 1 aliphatic carbocycles. The SMILES string of the molecule is C[C@H]1COc2c(C3([NH-])CC3)c(F)cc3c(=O)c(C(=O)O)cn1c23. The number of pyridine rings is 1. The standard InChI is InChI=1S/C16H14FN2O4/c1-7-6-23-14-11(16(18)2-3-16)10(17)4-8-12(14)19(7)5-9(13(8)20)15(21)22/h4-5,7,18H,2-3,6H2,1H3,(H,21,22)/q-1/t7-/m0/s1. The first-order valence-electron chi connectivity index (χ1n) is 7.36. The number of nitrogens with one attached hydrogen (secondary N) is 1. The molecule has 0 radical (unpaired) electrons. The normalized spacial score (nSPS) is 21.1. The van der Waals surface area contributed by atoms with E-state index in [4.69, 9.17) is 10.5 Å². The predicted molar refractivity (Wildman–Crippen MR) is 80.6 cm³/mol. The molecule has 0 bridgehead atoms. The summed E-state index contributed by atoms with van der Waals surface area (Å²) >= 11 is 0. The number of aromatic carboxylic acids is 1. The van der Waals surface area contributed by atoms with E-state index >= 15 is 0 Å². The maximum absolute atomic E-state index is 14.6. The van der Waals surface area contributed by atoms with Crippen LogP contribution in [-0.4, -0.2) is 22.2 Å². The number of rotatable bonds is 2. The van der Waals surface area contributed by atoms with Gasteiger partial charge in [-0.1, -0.05) is 18.4 Å². The number of aromatic nitrogens is 1. The third-order valence-corrected chi connectivity index (χ3v) is 4.63. The van der Waals surface area contributed by atoms with Gasteiger partial charge in [-0.3, -0.25) is 4.79 Å². The largest absolute Gasteiger partial charge is 0.668 e. The highest BCUT2D eigenvalue weighted by Crippen LogP contribution is 2.54. The lowest BCUT2D eigenvalue weighted by Crippen LogP contribution is -2.28. The number of halogens is 1. The van der Waals surface area contributed by atoms with Crippen molar-refractivity contribution in [3.8, 4) is 5.75 Å². The molecule has 7 heteroatoms. The summed E-state index contributed by atoms with van der Waals surface area (Å²) in [7, 11) is 0. The van der Waals surface area contributed by atoms with Crippen molar-refractivity contribution in [3.63, 3.8) is 0 Å². The van der Waals surface area contributed by atoms with E-state index in [1.54, 1.807) is 4.57 Å².